The summed E-state index contributed by atoms with van der Waals surface area (Å²) in [5.41, 5.74) is -0.432. The Kier molecular flexibility index (Phi) is 15.7. The van der Waals surface area contributed by atoms with Crippen molar-refractivity contribution in [2.45, 2.75) is 130 Å². The van der Waals surface area contributed by atoms with Crippen molar-refractivity contribution in [1.29, 1.82) is 0 Å². The van der Waals surface area contributed by atoms with E-state index in [2.05, 4.69) is 13.8 Å². The van der Waals surface area contributed by atoms with Crippen molar-refractivity contribution in [2.24, 2.45) is 5.41 Å². The highest BCUT2D eigenvalue weighted by molar-refractivity contribution is 7.85. The third-order valence-corrected chi connectivity index (χ3v) is 6.75. The molecular formula is C23H47O3S. The zero-order chi connectivity index (χ0) is 20.6. The minimum atomic E-state index is -3.94. The fraction of sp³-hybridized carbons (Fsp3) is 0.957. The molecule has 0 bridgehead atoms. The standard InChI is InChI=1S/C23H47O3S/c1-5-7-9-11-13-14-16-18-20-22(19-17-15-12-10-8-6-2)23(3,4)21-27(24,25)26/h5-21H2,1-4H3,(H,24,25,26). The Labute approximate surface area is 170 Å². The van der Waals surface area contributed by atoms with Gasteiger partial charge >= 0.3 is 0 Å². The second kappa shape index (κ2) is 15.8. The van der Waals surface area contributed by atoms with E-state index >= 15 is 0 Å². The van der Waals surface area contributed by atoms with Gasteiger partial charge in [0.1, 0.15) is 0 Å². The third kappa shape index (κ3) is 16.6. The van der Waals surface area contributed by atoms with E-state index in [9.17, 15) is 13.0 Å². The van der Waals surface area contributed by atoms with Crippen molar-refractivity contribution < 1.29 is 13.0 Å². The Balaban J connectivity index is 4.31. The summed E-state index contributed by atoms with van der Waals surface area (Å²) >= 11 is 0. The largest absolute Gasteiger partial charge is 0.286 e. The molecule has 0 amide bonds. The topological polar surface area (TPSA) is 54.4 Å². The molecule has 0 aromatic carbocycles. The van der Waals surface area contributed by atoms with Crippen molar-refractivity contribution in [3.05, 3.63) is 5.92 Å². The van der Waals surface area contributed by atoms with Crippen LogP contribution in [0.2, 0.25) is 0 Å². The molecule has 1 N–H and O–H groups in total. The highest BCUT2D eigenvalue weighted by Gasteiger charge is 2.33. The lowest BCUT2D eigenvalue weighted by Crippen LogP contribution is -2.30. The predicted molar refractivity (Wildman–Crippen MR) is 119 cm³/mol. The maximum atomic E-state index is 11.4. The first kappa shape index (κ1) is 26.9. The van der Waals surface area contributed by atoms with Gasteiger partial charge in [-0.05, 0) is 24.2 Å². The highest BCUT2D eigenvalue weighted by atomic mass is 32.2. The summed E-state index contributed by atoms with van der Waals surface area (Å²) in [6, 6.07) is 0. The van der Waals surface area contributed by atoms with Gasteiger partial charge in [-0.1, -0.05) is 118 Å². The molecule has 0 atom stereocenters. The van der Waals surface area contributed by atoms with Gasteiger partial charge in [0.25, 0.3) is 10.1 Å². The molecule has 0 spiro atoms. The molecule has 0 aliphatic rings. The fourth-order valence-corrected chi connectivity index (χ4v) is 5.07. The lowest BCUT2D eigenvalue weighted by atomic mass is 9.74. The van der Waals surface area contributed by atoms with Crippen LogP contribution in [-0.4, -0.2) is 18.7 Å². The van der Waals surface area contributed by atoms with Crippen molar-refractivity contribution >= 4 is 10.1 Å². The number of hydrogen-bond donors (Lipinski definition) is 1. The van der Waals surface area contributed by atoms with Crippen LogP contribution in [0, 0.1) is 11.3 Å². The summed E-state index contributed by atoms with van der Waals surface area (Å²) in [4.78, 5) is 0. The normalized spacial score (nSPS) is 12.8. The van der Waals surface area contributed by atoms with Crippen LogP contribution in [0.25, 0.3) is 0 Å². The first-order chi connectivity index (χ1) is 12.7. The Morgan fingerprint density at radius 2 is 1.00 bits per heavy atom. The van der Waals surface area contributed by atoms with Gasteiger partial charge in [0.15, 0.2) is 0 Å². The zero-order valence-electron chi connectivity index (χ0n) is 18.7. The number of rotatable bonds is 19. The molecule has 0 aromatic heterocycles. The Hall–Kier alpha value is -0.0900. The summed E-state index contributed by atoms with van der Waals surface area (Å²) in [7, 11) is -3.94. The summed E-state index contributed by atoms with van der Waals surface area (Å²) in [6.07, 6.45) is 19.8. The van der Waals surface area contributed by atoms with Crippen LogP contribution < -0.4 is 0 Å². The van der Waals surface area contributed by atoms with Crippen LogP contribution >= 0.6 is 0 Å². The quantitative estimate of drug-likeness (QED) is 0.177. The Morgan fingerprint density at radius 3 is 1.33 bits per heavy atom. The van der Waals surface area contributed by atoms with E-state index in [-0.39, 0.29) is 5.75 Å². The molecule has 0 unspecified atom stereocenters. The fourth-order valence-electron chi connectivity index (χ4n) is 3.95. The van der Waals surface area contributed by atoms with Crippen molar-refractivity contribution in [3.63, 3.8) is 0 Å². The van der Waals surface area contributed by atoms with Gasteiger partial charge in [0.2, 0.25) is 0 Å². The minimum Gasteiger partial charge on any atom is -0.286 e. The maximum absolute atomic E-state index is 11.4. The summed E-state index contributed by atoms with van der Waals surface area (Å²) in [5.74, 6) is 1.18. The molecule has 4 heteroatoms. The SMILES string of the molecule is CCCCCCCCCC[C](CCCCCCCC)C(C)(C)CS(=O)(=O)O. The molecular weight excluding hydrogens is 356 g/mol. The van der Waals surface area contributed by atoms with Crippen molar-refractivity contribution in [3.8, 4) is 0 Å². The second-order valence-corrected chi connectivity index (χ2v) is 10.4. The molecule has 0 saturated heterocycles. The van der Waals surface area contributed by atoms with Gasteiger partial charge in [-0.25, -0.2) is 0 Å². The summed E-state index contributed by atoms with van der Waals surface area (Å²) in [6.45, 7) is 8.44. The molecule has 163 valence electrons. The van der Waals surface area contributed by atoms with E-state index in [1.165, 1.54) is 83.0 Å². The molecule has 0 aliphatic carbocycles. The monoisotopic (exact) mass is 403 g/mol. The zero-order valence-corrected chi connectivity index (χ0v) is 19.5. The molecule has 3 nitrogen and oxygen atoms in total. The second-order valence-electron chi connectivity index (χ2n) is 8.96. The average Bonchev–Trinajstić information content (AvgIpc) is 2.56. The van der Waals surface area contributed by atoms with Gasteiger partial charge in [-0.2, -0.15) is 8.42 Å². The van der Waals surface area contributed by atoms with Gasteiger partial charge < -0.3 is 0 Å². The first-order valence-corrected chi connectivity index (χ1v) is 13.1. The smallest absolute Gasteiger partial charge is 0.265 e. The Morgan fingerprint density at radius 1 is 0.667 bits per heavy atom. The average molecular weight is 404 g/mol. The molecule has 0 aromatic rings. The lowest BCUT2D eigenvalue weighted by molar-refractivity contribution is 0.354. The minimum absolute atomic E-state index is 0.151. The van der Waals surface area contributed by atoms with E-state index < -0.39 is 15.5 Å². The predicted octanol–water partition coefficient (Wildman–Crippen LogP) is 7.76. The van der Waals surface area contributed by atoms with Crippen LogP contribution in [-0.2, 0) is 10.1 Å². The van der Waals surface area contributed by atoms with Crippen molar-refractivity contribution in [2.75, 3.05) is 5.75 Å². The van der Waals surface area contributed by atoms with E-state index in [1.54, 1.807) is 0 Å². The molecule has 0 aliphatic heterocycles. The molecule has 27 heavy (non-hydrogen) atoms. The van der Waals surface area contributed by atoms with Crippen LogP contribution in [0.3, 0.4) is 0 Å². The van der Waals surface area contributed by atoms with Crippen LogP contribution in [0.15, 0.2) is 0 Å². The van der Waals surface area contributed by atoms with E-state index in [4.69, 9.17) is 0 Å². The molecule has 0 heterocycles. The molecule has 1 radical (unpaired) electrons. The van der Waals surface area contributed by atoms with Crippen LogP contribution in [0.1, 0.15) is 130 Å². The first-order valence-electron chi connectivity index (χ1n) is 11.5. The van der Waals surface area contributed by atoms with E-state index in [1.807, 2.05) is 13.8 Å². The summed E-state index contributed by atoms with van der Waals surface area (Å²) in [5, 5.41) is 0. The summed E-state index contributed by atoms with van der Waals surface area (Å²) < 4.78 is 32.2. The molecule has 0 fully saturated rings. The molecule has 0 rings (SSSR count). The van der Waals surface area contributed by atoms with Gasteiger partial charge in [-0.3, -0.25) is 4.55 Å². The van der Waals surface area contributed by atoms with Crippen LogP contribution in [0.5, 0.6) is 0 Å². The van der Waals surface area contributed by atoms with E-state index in [0.717, 1.165) is 25.7 Å². The Bertz CT molecular complexity index is 429. The van der Waals surface area contributed by atoms with E-state index in [0.29, 0.717) is 0 Å². The molecule has 0 saturated carbocycles. The van der Waals surface area contributed by atoms with Crippen molar-refractivity contribution in [1.82, 2.24) is 0 Å². The van der Waals surface area contributed by atoms with Gasteiger partial charge in [0.05, 0.1) is 5.75 Å². The number of unbranched alkanes of at least 4 members (excludes halogenated alkanes) is 12. The maximum Gasteiger partial charge on any atom is 0.265 e. The number of hydrogen-bond acceptors (Lipinski definition) is 2. The van der Waals surface area contributed by atoms with Gasteiger partial charge in [-0.15, -0.1) is 0 Å². The van der Waals surface area contributed by atoms with Gasteiger partial charge in [0, 0.05) is 0 Å². The lowest BCUT2D eigenvalue weighted by Gasteiger charge is -2.33. The third-order valence-electron chi connectivity index (χ3n) is 5.66. The van der Waals surface area contributed by atoms with Crippen LogP contribution in [0.4, 0.5) is 0 Å². The highest BCUT2D eigenvalue weighted by Crippen LogP contribution is 2.38.